The van der Waals surface area contributed by atoms with Gasteiger partial charge in [-0.15, -0.1) is 11.3 Å². The van der Waals surface area contributed by atoms with E-state index >= 15 is 0 Å². The van der Waals surface area contributed by atoms with Crippen molar-refractivity contribution in [3.8, 4) is 17.0 Å². The topological polar surface area (TPSA) is 129 Å². The van der Waals surface area contributed by atoms with Crippen molar-refractivity contribution in [2.45, 2.75) is 18.9 Å². The molecule has 42 heavy (non-hydrogen) atoms. The molecule has 1 saturated heterocycles. The number of piperidine rings is 1. The molecular formula is C30H29N9O2S. The standard InChI is InChI=1S/C30H29N9O2S/c1-37-22-6-4-3-5-18(22)13-23(37)30(40)35-21-8-7-19(14-24(21)41-2)27-26-28(31)32-16-33-29(26)39(36-27)20-9-11-38(12-10-20)25-15-42-17-34-25/h3-8,13-17,20H,9-12H2,1-2H3,(H,35,40)(H2,31,32,33). The van der Waals surface area contributed by atoms with Gasteiger partial charge in [0.25, 0.3) is 5.91 Å². The maximum Gasteiger partial charge on any atom is 0.272 e. The molecule has 2 aromatic carbocycles. The number of hydrogen-bond donors (Lipinski definition) is 2. The number of thiazole rings is 1. The van der Waals surface area contributed by atoms with Crippen molar-refractivity contribution >= 4 is 56.5 Å². The number of nitrogens with zero attached hydrogens (tertiary/aromatic N) is 7. The van der Waals surface area contributed by atoms with Crippen LogP contribution in [-0.2, 0) is 7.05 Å². The van der Waals surface area contributed by atoms with E-state index in [0.717, 1.165) is 48.2 Å². The molecule has 3 N–H and O–H groups in total. The lowest BCUT2D eigenvalue weighted by atomic mass is 10.1. The van der Waals surface area contributed by atoms with Crippen LogP contribution in [0.2, 0.25) is 0 Å². The number of para-hydroxylation sites is 1. The number of carbonyl (C=O) groups excluding carboxylic acids is 1. The molecule has 0 bridgehead atoms. The van der Waals surface area contributed by atoms with E-state index in [2.05, 4.69) is 30.5 Å². The van der Waals surface area contributed by atoms with Gasteiger partial charge in [-0.2, -0.15) is 5.10 Å². The molecule has 0 aliphatic carbocycles. The van der Waals surface area contributed by atoms with E-state index < -0.39 is 0 Å². The summed E-state index contributed by atoms with van der Waals surface area (Å²) >= 11 is 1.61. The molecule has 1 fully saturated rings. The van der Waals surface area contributed by atoms with E-state index in [1.807, 2.05) is 70.3 Å². The lowest BCUT2D eigenvalue weighted by Crippen LogP contribution is -2.35. The van der Waals surface area contributed by atoms with Crippen molar-refractivity contribution in [2.24, 2.45) is 7.05 Å². The van der Waals surface area contributed by atoms with Crippen molar-refractivity contribution < 1.29 is 9.53 Å². The van der Waals surface area contributed by atoms with E-state index in [1.54, 1.807) is 18.4 Å². The number of ether oxygens (including phenoxy) is 1. The highest BCUT2D eigenvalue weighted by Crippen LogP contribution is 2.38. The van der Waals surface area contributed by atoms with Crippen molar-refractivity contribution in [3.05, 3.63) is 71.4 Å². The monoisotopic (exact) mass is 579 g/mol. The fraction of sp³-hybridized carbons (Fsp3) is 0.233. The third-order valence-corrected chi connectivity index (χ3v) is 8.55. The fourth-order valence-corrected chi connectivity index (χ4v) is 6.35. The number of amides is 1. The van der Waals surface area contributed by atoms with E-state index in [9.17, 15) is 4.79 Å². The number of nitrogens with two attached hydrogens (primary N) is 1. The summed E-state index contributed by atoms with van der Waals surface area (Å²) in [6.45, 7) is 1.76. The quantitative estimate of drug-likeness (QED) is 0.278. The molecule has 12 heteroatoms. The first-order valence-corrected chi connectivity index (χ1v) is 14.6. The number of aryl methyl sites for hydroxylation is 1. The summed E-state index contributed by atoms with van der Waals surface area (Å²) in [4.78, 5) is 28.9. The predicted molar refractivity (Wildman–Crippen MR) is 165 cm³/mol. The van der Waals surface area contributed by atoms with E-state index in [-0.39, 0.29) is 11.9 Å². The SMILES string of the molecule is COc1cc(-c2nn(C3CCN(c4cscn4)CC3)c3ncnc(N)c23)ccc1NC(=O)c1cc2ccccc2n1C. The Morgan fingerprint density at radius 3 is 2.69 bits per heavy atom. The molecule has 11 nitrogen and oxygen atoms in total. The molecule has 6 aromatic rings. The summed E-state index contributed by atoms with van der Waals surface area (Å²) in [7, 11) is 3.46. The van der Waals surface area contributed by atoms with Gasteiger partial charge in [-0.25, -0.2) is 19.6 Å². The Bertz CT molecular complexity index is 1920. The predicted octanol–water partition coefficient (Wildman–Crippen LogP) is 5.13. The highest BCUT2D eigenvalue weighted by Gasteiger charge is 2.27. The van der Waals surface area contributed by atoms with Crippen LogP contribution in [-0.4, -0.2) is 55.4 Å². The van der Waals surface area contributed by atoms with E-state index in [0.29, 0.717) is 39.7 Å². The van der Waals surface area contributed by atoms with Crippen molar-refractivity contribution in [1.29, 1.82) is 0 Å². The second-order valence-electron chi connectivity index (χ2n) is 10.3. The molecule has 7 rings (SSSR count). The molecule has 5 heterocycles. The highest BCUT2D eigenvalue weighted by atomic mass is 32.1. The summed E-state index contributed by atoms with van der Waals surface area (Å²) in [5.74, 6) is 1.68. The molecular weight excluding hydrogens is 550 g/mol. The molecule has 0 saturated carbocycles. The van der Waals surface area contributed by atoms with Gasteiger partial charge in [0.05, 0.1) is 29.7 Å². The third kappa shape index (κ3) is 4.40. The zero-order chi connectivity index (χ0) is 28.8. The molecule has 1 amide bonds. The van der Waals surface area contributed by atoms with Gasteiger partial charge in [0.15, 0.2) is 5.65 Å². The molecule has 0 radical (unpaired) electrons. The summed E-state index contributed by atoms with van der Waals surface area (Å²) in [5.41, 5.74) is 12.5. The van der Waals surface area contributed by atoms with Gasteiger partial charge in [-0.3, -0.25) is 4.79 Å². The fourth-order valence-electron chi connectivity index (χ4n) is 5.79. The zero-order valence-electron chi connectivity index (χ0n) is 23.2. The molecule has 0 unspecified atom stereocenters. The van der Waals surface area contributed by atoms with Crippen LogP contribution in [0.4, 0.5) is 17.3 Å². The highest BCUT2D eigenvalue weighted by molar-refractivity contribution is 7.07. The number of carbonyl (C=O) groups is 1. The lowest BCUT2D eigenvalue weighted by molar-refractivity contribution is 0.101. The second-order valence-corrected chi connectivity index (χ2v) is 11.1. The molecule has 1 aliphatic heterocycles. The summed E-state index contributed by atoms with van der Waals surface area (Å²) in [6.07, 6.45) is 3.29. The Morgan fingerprint density at radius 1 is 1.10 bits per heavy atom. The molecule has 0 spiro atoms. The summed E-state index contributed by atoms with van der Waals surface area (Å²) < 4.78 is 9.59. The van der Waals surface area contributed by atoms with Crippen LogP contribution < -0.4 is 20.7 Å². The number of benzene rings is 2. The van der Waals surface area contributed by atoms with Crippen LogP contribution in [0.15, 0.2) is 65.7 Å². The minimum atomic E-state index is -0.226. The first-order valence-electron chi connectivity index (χ1n) is 13.7. The number of rotatable bonds is 6. The van der Waals surface area contributed by atoms with Gasteiger partial charge in [0.2, 0.25) is 0 Å². The lowest BCUT2D eigenvalue weighted by Gasteiger charge is -2.32. The number of anilines is 3. The van der Waals surface area contributed by atoms with Crippen LogP contribution in [0, 0.1) is 0 Å². The molecule has 4 aromatic heterocycles. The largest absolute Gasteiger partial charge is 0.495 e. The number of nitrogen functional groups attached to an aromatic ring is 1. The maximum absolute atomic E-state index is 13.3. The first kappa shape index (κ1) is 26.0. The van der Waals surface area contributed by atoms with E-state index in [1.165, 1.54) is 6.33 Å². The number of hydrogen-bond acceptors (Lipinski definition) is 9. The van der Waals surface area contributed by atoms with Crippen LogP contribution in [0.1, 0.15) is 29.4 Å². The van der Waals surface area contributed by atoms with Crippen LogP contribution in [0.5, 0.6) is 5.75 Å². The van der Waals surface area contributed by atoms with Crippen LogP contribution >= 0.6 is 11.3 Å². The number of methoxy groups -OCH3 is 1. The summed E-state index contributed by atoms with van der Waals surface area (Å²) in [5, 5.41) is 11.8. The Labute approximate surface area is 245 Å². The van der Waals surface area contributed by atoms with Gasteiger partial charge in [0.1, 0.15) is 35.1 Å². The van der Waals surface area contributed by atoms with Crippen LogP contribution in [0.3, 0.4) is 0 Å². The van der Waals surface area contributed by atoms with Crippen molar-refractivity contribution in [3.63, 3.8) is 0 Å². The van der Waals surface area contributed by atoms with Gasteiger partial charge in [0, 0.05) is 42.0 Å². The van der Waals surface area contributed by atoms with Gasteiger partial charge < -0.3 is 25.3 Å². The minimum Gasteiger partial charge on any atom is -0.495 e. The average molecular weight is 580 g/mol. The molecule has 0 atom stereocenters. The Kier molecular flexibility index (Phi) is 6.46. The zero-order valence-corrected chi connectivity index (χ0v) is 24.0. The van der Waals surface area contributed by atoms with Crippen molar-refractivity contribution in [2.75, 3.05) is 36.1 Å². The van der Waals surface area contributed by atoms with Crippen molar-refractivity contribution in [1.82, 2.24) is 29.3 Å². The first-order chi connectivity index (χ1) is 20.5. The second kappa shape index (κ2) is 10.5. The van der Waals surface area contributed by atoms with Gasteiger partial charge in [-0.1, -0.05) is 24.3 Å². The van der Waals surface area contributed by atoms with E-state index in [4.69, 9.17) is 15.6 Å². The number of nitrogens with one attached hydrogen (secondary N) is 1. The minimum absolute atomic E-state index is 0.159. The Morgan fingerprint density at radius 2 is 1.93 bits per heavy atom. The smallest absolute Gasteiger partial charge is 0.272 e. The molecule has 1 aliphatic rings. The normalized spacial score (nSPS) is 14.1. The Balaban J connectivity index is 1.20. The average Bonchev–Trinajstić information content (AvgIpc) is 3.76. The number of fused-ring (bicyclic) bond motifs is 2. The van der Waals surface area contributed by atoms with Gasteiger partial charge >= 0.3 is 0 Å². The maximum atomic E-state index is 13.3. The molecule has 212 valence electrons. The summed E-state index contributed by atoms with van der Waals surface area (Å²) in [6, 6.07) is 15.5. The van der Waals surface area contributed by atoms with Gasteiger partial charge in [-0.05, 0) is 37.1 Å². The number of aromatic nitrogens is 6. The Hall–Kier alpha value is -4.97. The third-order valence-electron chi connectivity index (χ3n) is 7.98. The van der Waals surface area contributed by atoms with Crippen LogP contribution in [0.25, 0.3) is 33.2 Å².